The Balaban J connectivity index is 1.69. The molecule has 1 aliphatic heterocycles. The molecule has 3 rings (SSSR count). The maximum Gasteiger partial charge on any atom is 0.326 e. The van der Waals surface area contributed by atoms with Crippen LogP contribution in [0.3, 0.4) is 0 Å². The van der Waals surface area contributed by atoms with Gasteiger partial charge in [0, 0.05) is 17.7 Å². The fourth-order valence-corrected chi connectivity index (χ4v) is 2.73. The molecule has 0 atom stereocenters. The van der Waals surface area contributed by atoms with Crippen molar-refractivity contribution in [3.63, 3.8) is 0 Å². The predicted molar refractivity (Wildman–Crippen MR) is 87.7 cm³/mol. The van der Waals surface area contributed by atoms with Crippen molar-refractivity contribution in [2.75, 3.05) is 5.32 Å². The topological polar surface area (TPSA) is 67.4 Å². The van der Waals surface area contributed by atoms with Crippen LogP contribution in [-0.4, -0.2) is 17.5 Å². The van der Waals surface area contributed by atoms with Crippen LogP contribution in [0.1, 0.15) is 29.8 Å². The minimum Gasteiger partial charge on any atom is -0.487 e. The number of rotatable bonds is 2. The fourth-order valence-electron chi connectivity index (χ4n) is 2.73. The quantitative estimate of drug-likeness (QED) is 0.872. The van der Waals surface area contributed by atoms with E-state index in [4.69, 9.17) is 4.74 Å². The highest BCUT2D eigenvalue weighted by Gasteiger charge is 2.30. The Morgan fingerprint density at radius 2 is 1.80 bits per heavy atom. The van der Waals surface area contributed by atoms with Crippen LogP contribution in [0.5, 0.6) is 5.75 Å². The van der Waals surface area contributed by atoms with Gasteiger partial charge < -0.3 is 10.1 Å². The Bertz CT molecular complexity index is 845. The van der Waals surface area contributed by atoms with E-state index in [0.29, 0.717) is 12.1 Å². The van der Waals surface area contributed by atoms with Crippen LogP contribution in [0, 0.1) is 11.6 Å². The molecule has 0 unspecified atom stereocenters. The SMILES string of the molecule is CC1(C)Cc2cc(NC(=O)NC(=O)c3c(F)cccc3F)ccc2O1. The number of urea groups is 1. The van der Waals surface area contributed by atoms with E-state index in [0.717, 1.165) is 29.5 Å². The summed E-state index contributed by atoms with van der Waals surface area (Å²) in [5, 5.41) is 4.38. The number of carbonyl (C=O) groups excluding carboxylic acids is 2. The fraction of sp³-hybridized carbons (Fsp3) is 0.222. The van der Waals surface area contributed by atoms with Gasteiger partial charge in [-0.05, 0) is 44.2 Å². The maximum atomic E-state index is 13.6. The zero-order valence-corrected chi connectivity index (χ0v) is 13.7. The highest BCUT2D eigenvalue weighted by Crippen LogP contribution is 2.36. The Labute approximate surface area is 143 Å². The van der Waals surface area contributed by atoms with Gasteiger partial charge in [-0.25, -0.2) is 13.6 Å². The molecule has 1 heterocycles. The number of anilines is 1. The molecule has 130 valence electrons. The van der Waals surface area contributed by atoms with Crippen molar-refractivity contribution in [2.24, 2.45) is 0 Å². The van der Waals surface area contributed by atoms with Gasteiger partial charge in [0.15, 0.2) is 0 Å². The summed E-state index contributed by atoms with van der Waals surface area (Å²) in [6.45, 7) is 3.91. The second-order valence-electron chi connectivity index (χ2n) is 6.37. The van der Waals surface area contributed by atoms with Crippen molar-refractivity contribution in [2.45, 2.75) is 25.9 Å². The molecule has 0 spiro atoms. The summed E-state index contributed by atoms with van der Waals surface area (Å²) in [6.07, 6.45) is 0.679. The van der Waals surface area contributed by atoms with Crippen molar-refractivity contribution >= 4 is 17.6 Å². The molecule has 0 saturated heterocycles. The average Bonchev–Trinajstić information content (AvgIpc) is 2.80. The molecular formula is C18H16F2N2O3. The lowest BCUT2D eigenvalue weighted by atomic mass is 10.0. The van der Waals surface area contributed by atoms with Crippen molar-refractivity contribution in [1.82, 2.24) is 5.32 Å². The third kappa shape index (κ3) is 3.60. The number of hydrogen-bond donors (Lipinski definition) is 2. The summed E-state index contributed by atoms with van der Waals surface area (Å²) < 4.78 is 32.8. The zero-order valence-electron chi connectivity index (χ0n) is 13.7. The van der Waals surface area contributed by atoms with Crippen molar-refractivity contribution in [3.05, 3.63) is 59.2 Å². The summed E-state index contributed by atoms with van der Waals surface area (Å²) >= 11 is 0. The second-order valence-corrected chi connectivity index (χ2v) is 6.37. The third-order valence-corrected chi connectivity index (χ3v) is 3.74. The number of nitrogens with one attached hydrogen (secondary N) is 2. The molecule has 0 aliphatic carbocycles. The first-order valence-electron chi connectivity index (χ1n) is 7.63. The monoisotopic (exact) mass is 346 g/mol. The molecule has 7 heteroatoms. The Hall–Kier alpha value is -2.96. The summed E-state index contributed by atoms with van der Waals surface area (Å²) in [6, 6.07) is 7.21. The predicted octanol–water partition coefficient (Wildman–Crippen LogP) is 3.64. The van der Waals surface area contributed by atoms with E-state index >= 15 is 0 Å². The highest BCUT2D eigenvalue weighted by molar-refractivity contribution is 6.08. The van der Waals surface area contributed by atoms with E-state index in [-0.39, 0.29) is 5.60 Å². The molecule has 1 aliphatic rings. The number of benzene rings is 2. The van der Waals surface area contributed by atoms with E-state index in [9.17, 15) is 18.4 Å². The first kappa shape index (κ1) is 16.9. The van der Waals surface area contributed by atoms with Crippen LogP contribution in [0.2, 0.25) is 0 Å². The summed E-state index contributed by atoms with van der Waals surface area (Å²) in [4.78, 5) is 23.8. The number of amides is 3. The zero-order chi connectivity index (χ0) is 18.2. The Kier molecular flexibility index (Phi) is 4.16. The molecule has 0 saturated carbocycles. The molecule has 0 fully saturated rings. The molecule has 2 aromatic rings. The van der Waals surface area contributed by atoms with E-state index in [1.807, 2.05) is 19.2 Å². The van der Waals surface area contributed by atoms with Gasteiger partial charge >= 0.3 is 6.03 Å². The minimum absolute atomic E-state index is 0.318. The van der Waals surface area contributed by atoms with Crippen molar-refractivity contribution < 1.29 is 23.1 Å². The summed E-state index contributed by atoms with van der Waals surface area (Å²) in [5.41, 5.74) is 0.247. The molecule has 25 heavy (non-hydrogen) atoms. The second kappa shape index (κ2) is 6.16. The van der Waals surface area contributed by atoms with Gasteiger partial charge in [0.25, 0.3) is 5.91 Å². The molecule has 5 nitrogen and oxygen atoms in total. The van der Waals surface area contributed by atoms with Gasteiger partial charge in [-0.15, -0.1) is 0 Å². The number of halogens is 2. The van der Waals surface area contributed by atoms with Crippen LogP contribution < -0.4 is 15.4 Å². The molecule has 0 radical (unpaired) electrons. The lowest BCUT2D eigenvalue weighted by Gasteiger charge is -2.16. The average molecular weight is 346 g/mol. The van der Waals surface area contributed by atoms with Crippen LogP contribution in [0.4, 0.5) is 19.3 Å². The van der Waals surface area contributed by atoms with Gasteiger partial charge in [-0.2, -0.15) is 0 Å². The van der Waals surface area contributed by atoms with Crippen molar-refractivity contribution in [3.8, 4) is 5.75 Å². The van der Waals surface area contributed by atoms with Gasteiger partial charge in [0.05, 0.1) is 0 Å². The van der Waals surface area contributed by atoms with E-state index < -0.39 is 29.1 Å². The van der Waals surface area contributed by atoms with Crippen LogP contribution >= 0.6 is 0 Å². The molecule has 2 aromatic carbocycles. The number of ether oxygens (including phenoxy) is 1. The van der Waals surface area contributed by atoms with Gasteiger partial charge in [0.1, 0.15) is 28.5 Å². The number of carbonyl (C=O) groups is 2. The Morgan fingerprint density at radius 3 is 2.48 bits per heavy atom. The largest absolute Gasteiger partial charge is 0.487 e. The normalized spacial score (nSPS) is 14.4. The maximum absolute atomic E-state index is 13.6. The van der Waals surface area contributed by atoms with Gasteiger partial charge in [0.2, 0.25) is 0 Å². The summed E-state index contributed by atoms with van der Waals surface area (Å²) in [7, 11) is 0. The third-order valence-electron chi connectivity index (χ3n) is 3.74. The van der Waals surface area contributed by atoms with E-state index in [1.165, 1.54) is 0 Å². The van der Waals surface area contributed by atoms with Crippen LogP contribution in [0.25, 0.3) is 0 Å². The van der Waals surface area contributed by atoms with Gasteiger partial charge in [-0.1, -0.05) is 6.07 Å². The molecule has 0 bridgehead atoms. The molecular weight excluding hydrogens is 330 g/mol. The first-order chi connectivity index (χ1) is 11.7. The molecule has 3 amide bonds. The van der Waals surface area contributed by atoms with Crippen LogP contribution in [0.15, 0.2) is 36.4 Å². The number of hydrogen-bond acceptors (Lipinski definition) is 3. The van der Waals surface area contributed by atoms with E-state index in [2.05, 4.69) is 5.32 Å². The van der Waals surface area contributed by atoms with Gasteiger partial charge in [-0.3, -0.25) is 10.1 Å². The lowest BCUT2D eigenvalue weighted by molar-refractivity contribution is 0.0959. The van der Waals surface area contributed by atoms with Crippen molar-refractivity contribution in [1.29, 1.82) is 0 Å². The number of imide groups is 1. The number of fused-ring (bicyclic) bond motifs is 1. The minimum atomic E-state index is -1.15. The first-order valence-corrected chi connectivity index (χ1v) is 7.63. The smallest absolute Gasteiger partial charge is 0.326 e. The molecule has 2 N–H and O–H groups in total. The molecule has 0 aromatic heterocycles. The Morgan fingerprint density at radius 1 is 1.12 bits per heavy atom. The van der Waals surface area contributed by atoms with E-state index in [1.54, 1.807) is 18.2 Å². The summed E-state index contributed by atoms with van der Waals surface area (Å²) in [5.74, 6) is -2.50. The van der Waals surface area contributed by atoms with Crippen LogP contribution in [-0.2, 0) is 6.42 Å². The standard InChI is InChI=1S/C18H16F2N2O3/c1-18(2)9-10-8-11(6-7-14(10)25-18)21-17(24)22-16(23)15-12(19)4-3-5-13(15)20/h3-8H,9H2,1-2H3,(H2,21,22,23,24). The lowest BCUT2D eigenvalue weighted by Crippen LogP contribution is -2.35. The highest BCUT2D eigenvalue weighted by atomic mass is 19.1.